The minimum Gasteiger partial charge on any atom is -0.396 e. The predicted molar refractivity (Wildman–Crippen MR) is 74.7 cm³/mol. The molecule has 1 atom stereocenters. The molecule has 0 saturated carbocycles. The molecule has 0 radical (unpaired) electrons. The lowest BCUT2D eigenvalue weighted by Crippen LogP contribution is -2.35. The van der Waals surface area contributed by atoms with Gasteiger partial charge in [-0.15, -0.1) is 0 Å². The highest BCUT2D eigenvalue weighted by molar-refractivity contribution is 5.42. The van der Waals surface area contributed by atoms with Crippen molar-refractivity contribution in [2.75, 3.05) is 23.8 Å². The molecular weight excluding hydrogens is 247 g/mol. The maximum absolute atomic E-state index is 13.7. The van der Waals surface area contributed by atoms with Crippen LogP contribution in [-0.2, 0) is 0 Å². The van der Waals surface area contributed by atoms with Gasteiger partial charge in [0, 0.05) is 19.2 Å². The second kappa shape index (κ2) is 6.65. The normalized spacial score (nSPS) is 13.2. The van der Waals surface area contributed by atoms with E-state index in [1.807, 2.05) is 27.7 Å². The summed E-state index contributed by atoms with van der Waals surface area (Å²) >= 11 is 0. The van der Waals surface area contributed by atoms with Gasteiger partial charge in [-0.25, -0.2) is 9.37 Å². The molecule has 0 aliphatic heterocycles. The van der Waals surface area contributed by atoms with E-state index in [1.165, 1.54) is 0 Å². The zero-order valence-electron chi connectivity index (χ0n) is 12.0. The lowest BCUT2D eigenvalue weighted by molar-refractivity contribution is 0.234. The Kier molecular flexibility index (Phi) is 5.47. The number of nitrogens with zero attached hydrogens (tertiary/aromatic N) is 2. The second-order valence-electron chi connectivity index (χ2n) is 5.50. The summed E-state index contributed by atoms with van der Waals surface area (Å²) in [5.41, 5.74) is -0.113. The molecule has 1 heterocycles. The number of hydrogen-bond donors (Lipinski definition) is 3. The Morgan fingerprint density at radius 3 is 2.63 bits per heavy atom. The van der Waals surface area contributed by atoms with Crippen LogP contribution in [0.3, 0.4) is 0 Å². The first-order chi connectivity index (χ1) is 8.88. The van der Waals surface area contributed by atoms with E-state index in [9.17, 15) is 4.39 Å². The molecule has 1 rings (SSSR count). The molecule has 0 amide bonds. The lowest BCUT2D eigenvalue weighted by Gasteiger charge is -2.31. The van der Waals surface area contributed by atoms with Crippen molar-refractivity contribution in [2.45, 2.75) is 40.2 Å². The summed E-state index contributed by atoms with van der Waals surface area (Å²) in [5.74, 6) is 0.0659. The topological polar surface area (TPSA) is 70.1 Å². The average Bonchev–Trinajstić information content (AvgIpc) is 2.32. The minimum absolute atomic E-state index is 0.0434. The van der Waals surface area contributed by atoms with Gasteiger partial charge in [0.2, 0.25) is 5.95 Å². The van der Waals surface area contributed by atoms with Crippen LogP contribution in [0.1, 0.15) is 34.1 Å². The van der Waals surface area contributed by atoms with Crippen LogP contribution in [0.5, 0.6) is 0 Å². The molecule has 0 aliphatic rings. The van der Waals surface area contributed by atoms with Crippen molar-refractivity contribution in [2.24, 2.45) is 5.41 Å². The summed E-state index contributed by atoms with van der Waals surface area (Å²) in [4.78, 5) is 7.97. The van der Waals surface area contributed by atoms with E-state index in [0.29, 0.717) is 18.9 Å². The summed E-state index contributed by atoms with van der Waals surface area (Å²) in [6.07, 6.45) is 1.68. The quantitative estimate of drug-likeness (QED) is 0.739. The van der Waals surface area contributed by atoms with E-state index in [-0.39, 0.29) is 23.9 Å². The van der Waals surface area contributed by atoms with Gasteiger partial charge >= 0.3 is 0 Å². The SMILES string of the molecule is CCNc1ncc(F)c(NC(CCO)C(C)(C)C)n1. The fraction of sp³-hybridized carbons (Fsp3) is 0.692. The molecule has 6 heteroatoms. The number of anilines is 2. The first-order valence-corrected chi connectivity index (χ1v) is 6.52. The molecule has 0 aromatic carbocycles. The molecule has 3 N–H and O–H groups in total. The highest BCUT2D eigenvalue weighted by Gasteiger charge is 2.25. The van der Waals surface area contributed by atoms with Gasteiger partial charge in [0.05, 0.1) is 6.20 Å². The zero-order chi connectivity index (χ0) is 14.5. The Morgan fingerprint density at radius 2 is 2.11 bits per heavy atom. The van der Waals surface area contributed by atoms with Crippen LogP contribution >= 0.6 is 0 Å². The standard InChI is InChI=1S/C13H23FN4O/c1-5-15-12-16-8-9(14)11(18-12)17-10(6-7-19)13(2,3)4/h8,10,19H,5-7H2,1-4H3,(H2,15,16,17,18). The highest BCUT2D eigenvalue weighted by Crippen LogP contribution is 2.26. The van der Waals surface area contributed by atoms with Crippen LogP contribution in [0, 0.1) is 11.2 Å². The third-order valence-corrected chi connectivity index (χ3v) is 2.85. The van der Waals surface area contributed by atoms with E-state index < -0.39 is 5.82 Å². The molecule has 1 aromatic rings. The van der Waals surface area contributed by atoms with Gasteiger partial charge < -0.3 is 15.7 Å². The van der Waals surface area contributed by atoms with Crippen molar-refractivity contribution in [1.82, 2.24) is 9.97 Å². The van der Waals surface area contributed by atoms with Gasteiger partial charge in [-0.2, -0.15) is 4.98 Å². The van der Waals surface area contributed by atoms with E-state index in [2.05, 4.69) is 20.6 Å². The first kappa shape index (κ1) is 15.6. The van der Waals surface area contributed by atoms with Gasteiger partial charge in [0.25, 0.3) is 0 Å². The summed E-state index contributed by atoms with van der Waals surface area (Å²) in [5, 5.41) is 15.1. The Balaban J connectivity index is 2.91. The van der Waals surface area contributed by atoms with Crippen LogP contribution < -0.4 is 10.6 Å². The number of rotatable bonds is 6. The Morgan fingerprint density at radius 1 is 1.42 bits per heavy atom. The average molecular weight is 270 g/mol. The van der Waals surface area contributed by atoms with Crippen LogP contribution in [-0.4, -0.2) is 34.3 Å². The summed E-state index contributed by atoms with van der Waals surface area (Å²) < 4.78 is 13.7. The van der Waals surface area contributed by atoms with E-state index in [4.69, 9.17) is 5.11 Å². The largest absolute Gasteiger partial charge is 0.396 e. The first-order valence-electron chi connectivity index (χ1n) is 6.52. The Bertz CT molecular complexity index is 406. The molecule has 0 bridgehead atoms. The minimum atomic E-state index is -0.492. The molecule has 19 heavy (non-hydrogen) atoms. The van der Waals surface area contributed by atoms with Crippen LogP contribution in [0.25, 0.3) is 0 Å². The Hall–Kier alpha value is -1.43. The van der Waals surface area contributed by atoms with E-state index in [0.717, 1.165) is 6.20 Å². The molecule has 0 spiro atoms. The molecule has 0 fully saturated rings. The van der Waals surface area contributed by atoms with Crippen molar-refractivity contribution in [3.63, 3.8) is 0 Å². The molecule has 5 nitrogen and oxygen atoms in total. The van der Waals surface area contributed by atoms with Crippen LogP contribution in [0.2, 0.25) is 0 Å². The van der Waals surface area contributed by atoms with Crippen LogP contribution in [0.4, 0.5) is 16.2 Å². The van der Waals surface area contributed by atoms with Crippen molar-refractivity contribution >= 4 is 11.8 Å². The van der Waals surface area contributed by atoms with Gasteiger partial charge in [-0.3, -0.25) is 0 Å². The van der Waals surface area contributed by atoms with Gasteiger partial charge in [0.1, 0.15) is 0 Å². The van der Waals surface area contributed by atoms with Gasteiger partial charge in [0.15, 0.2) is 11.6 Å². The lowest BCUT2D eigenvalue weighted by atomic mass is 9.85. The van der Waals surface area contributed by atoms with Crippen molar-refractivity contribution < 1.29 is 9.50 Å². The maximum atomic E-state index is 13.7. The smallest absolute Gasteiger partial charge is 0.224 e. The summed E-state index contributed by atoms with van der Waals surface area (Å²) in [6, 6.07) is -0.0728. The zero-order valence-corrected chi connectivity index (χ0v) is 12.0. The fourth-order valence-electron chi connectivity index (χ4n) is 1.73. The number of nitrogens with one attached hydrogen (secondary N) is 2. The monoisotopic (exact) mass is 270 g/mol. The molecule has 0 saturated heterocycles. The highest BCUT2D eigenvalue weighted by atomic mass is 19.1. The van der Waals surface area contributed by atoms with Crippen molar-refractivity contribution in [3.05, 3.63) is 12.0 Å². The van der Waals surface area contributed by atoms with E-state index >= 15 is 0 Å². The number of aliphatic hydroxyl groups is 1. The van der Waals surface area contributed by atoms with E-state index in [1.54, 1.807) is 0 Å². The summed E-state index contributed by atoms with van der Waals surface area (Å²) in [6.45, 7) is 8.73. The van der Waals surface area contributed by atoms with Gasteiger partial charge in [-0.1, -0.05) is 20.8 Å². The Labute approximate surface area is 113 Å². The molecular formula is C13H23FN4O. The molecule has 1 unspecified atom stereocenters. The fourth-order valence-corrected chi connectivity index (χ4v) is 1.73. The van der Waals surface area contributed by atoms with Crippen molar-refractivity contribution in [3.8, 4) is 0 Å². The third kappa shape index (κ3) is 4.63. The number of halogens is 1. The number of aromatic nitrogens is 2. The van der Waals surface area contributed by atoms with Crippen molar-refractivity contribution in [1.29, 1.82) is 0 Å². The molecule has 108 valence electrons. The predicted octanol–water partition coefficient (Wildman–Crippen LogP) is 2.26. The number of hydrogen-bond acceptors (Lipinski definition) is 5. The van der Waals surface area contributed by atoms with Crippen LogP contribution in [0.15, 0.2) is 6.20 Å². The maximum Gasteiger partial charge on any atom is 0.224 e. The third-order valence-electron chi connectivity index (χ3n) is 2.85. The molecule has 0 aliphatic carbocycles. The molecule has 1 aromatic heterocycles. The van der Waals surface area contributed by atoms with Gasteiger partial charge in [-0.05, 0) is 18.8 Å². The summed E-state index contributed by atoms with van der Waals surface area (Å²) in [7, 11) is 0. The number of aliphatic hydroxyl groups excluding tert-OH is 1. The second-order valence-corrected chi connectivity index (χ2v) is 5.50.